The number of hydrogen-bond acceptors (Lipinski definition) is 6. The SMILES string of the molecule is CCOc1ccccc1CNC(=O)C1CCN(c2nnc(-c3ccc(C)cc3)o2)CC1. The van der Waals surface area contributed by atoms with Gasteiger partial charge in [0.25, 0.3) is 0 Å². The van der Waals surface area contributed by atoms with Crippen molar-refractivity contribution < 1.29 is 13.9 Å². The van der Waals surface area contributed by atoms with Gasteiger partial charge in [0.1, 0.15) is 5.75 Å². The molecule has 7 nitrogen and oxygen atoms in total. The number of aryl methyl sites for hydroxylation is 1. The lowest BCUT2D eigenvalue weighted by Gasteiger charge is -2.29. The molecular weight excluding hydrogens is 392 g/mol. The molecule has 7 heteroatoms. The fourth-order valence-corrected chi connectivity index (χ4v) is 3.76. The minimum absolute atomic E-state index is 0.0185. The topological polar surface area (TPSA) is 80.5 Å². The Morgan fingerprint density at radius 3 is 2.61 bits per heavy atom. The van der Waals surface area contributed by atoms with Crippen molar-refractivity contribution >= 4 is 11.9 Å². The molecule has 1 fully saturated rings. The highest BCUT2D eigenvalue weighted by Gasteiger charge is 2.27. The zero-order valence-electron chi connectivity index (χ0n) is 18.0. The number of hydrogen-bond donors (Lipinski definition) is 1. The van der Waals surface area contributed by atoms with Gasteiger partial charge in [0.05, 0.1) is 6.61 Å². The summed E-state index contributed by atoms with van der Waals surface area (Å²) in [5.74, 6) is 1.40. The molecule has 2 heterocycles. The molecule has 0 bridgehead atoms. The molecular formula is C24H28N4O3. The van der Waals surface area contributed by atoms with Crippen LogP contribution in [-0.2, 0) is 11.3 Å². The summed E-state index contributed by atoms with van der Waals surface area (Å²) in [4.78, 5) is 14.7. The Hall–Kier alpha value is -3.35. The van der Waals surface area contributed by atoms with Crippen LogP contribution in [0.1, 0.15) is 30.9 Å². The van der Waals surface area contributed by atoms with E-state index in [1.807, 2.05) is 62.4 Å². The maximum absolute atomic E-state index is 12.7. The molecule has 0 spiro atoms. The van der Waals surface area contributed by atoms with E-state index < -0.39 is 0 Å². The van der Waals surface area contributed by atoms with Crippen LogP contribution in [0.4, 0.5) is 6.01 Å². The molecule has 162 valence electrons. The van der Waals surface area contributed by atoms with Gasteiger partial charge in [-0.3, -0.25) is 4.79 Å². The summed E-state index contributed by atoms with van der Waals surface area (Å²) in [6, 6.07) is 16.3. The summed E-state index contributed by atoms with van der Waals surface area (Å²) >= 11 is 0. The zero-order valence-corrected chi connectivity index (χ0v) is 18.0. The Balaban J connectivity index is 1.30. The smallest absolute Gasteiger partial charge is 0.318 e. The van der Waals surface area contributed by atoms with Crippen LogP contribution in [0.25, 0.3) is 11.5 Å². The molecule has 0 unspecified atom stereocenters. The Morgan fingerprint density at radius 2 is 1.87 bits per heavy atom. The first-order chi connectivity index (χ1) is 15.1. The van der Waals surface area contributed by atoms with E-state index in [0.717, 1.165) is 29.7 Å². The van der Waals surface area contributed by atoms with Crippen molar-refractivity contribution in [3.63, 3.8) is 0 Å². The second kappa shape index (κ2) is 9.64. The van der Waals surface area contributed by atoms with E-state index in [9.17, 15) is 4.79 Å². The van der Waals surface area contributed by atoms with Gasteiger partial charge >= 0.3 is 6.01 Å². The number of ether oxygens (including phenoxy) is 1. The van der Waals surface area contributed by atoms with Crippen LogP contribution >= 0.6 is 0 Å². The van der Waals surface area contributed by atoms with Crippen molar-refractivity contribution in [1.29, 1.82) is 0 Å². The van der Waals surface area contributed by atoms with Crippen molar-refractivity contribution in [2.75, 3.05) is 24.6 Å². The molecule has 3 aromatic rings. The molecule has 2 aromatic carbocycles. The first-order valence-electron chi connectivity index (χ1n) is 10.8. The number of carbonyl (C=O) groups excluding carboxylic acids is 1. The summed E-state index contributed by atoms with van der Waals surface area (Å²) in [6.07, 6.45) is 1.50. The number of nitrogens with one attached hydrogen (secondary N) is 1. The lowest BCUT2D eigenvalue weighted by Crippen LogP contribution is -2.40. The highest BCUT2D eigenvalue weighted by Crippen LogP contribution is 2.26. The highest BCUT2D eigenvalue weighted by atomic mass is 16.5. The molecule has 1 aromatic heterocycles. The largest absolute Gasteiger partial charge is 0.494 e. The van der Waals surface area contributed by atoms with Gasteiger partial charge in [0.15, 0.2) is 0 Å². The molecule has 1 saturated heterocycles. The van der Waals surface area contributed by atoms with Crippen molar-refractivity contribution in [2.45, 2.75) is 33.2 Å². The number of carbonyl (C=O) groups is 1. The van der Waals surface area contributed by atoms with Crippen LogP contribution in [0.15, 0.2) is 52.9 Å². The average Bonchev–Trinajstić information content (AvgIpc) is 3.29. The number of benzene rings is 2. The quantitative estimate of drug-likeness (QED) is 0.623. The first-order valence-corrected chi connectivity index (χ1v) is 10.8. The molecule has 0 saturated carbocycles. The van der Waals surface area contributed by atoms with Gasteiger partial charge in [-0.1, -0.05) is 41.0 Å². The van der Waals surface area contributed by atoms with Crippen LogP contribution in [0.3, 0.4) is 0 Å². The van der Waals surface area contributed by atoms with Gasteiger partial charge in [-0.15, -0.1) is 5.10 Å². The fourth-order valence-electron chi connectivity index (χ4n) is 3.76. The first kappa shape index (κ1) is 20.9. The van der Waals surface area contributed by atoms with Gasteiger partial charge in [0.2, 0.25) is 11.8 Å². The third-order valence-electron chi connectivity index (χ3n) is 5.57. The molecule has 0 aliphatic carbocycles. The molecule has 1 aliphatic heterocycles. The van der Waals surface area contributed by atoms with Gasteiger partial charge in [-0.25, -0.2) is 0 Å². The van der Waals surface area contributed by atoms with E-state index in [1.54, 1.807) is 0 Å². The minimum Gasteiger partial charge on any atom is -0.494 e. The lowest BCUT2D eigenvalue weighted by molar-refractivity contribution is -0.125. The summed E-state index contributed by atoms with van der Waals surface area (Å²) in [6.45, 7) is 6.49. The van der Waals surface area contributed by atoms with E-state index in [-0.39, 0.29) is 11.8 Å². The third kappa shape index (κ3) is 5.05. The monoisotopic (exact) mass is 420 g/mol. The van der Waals surface area contributed by atoms with Gasteiger partial charge in [-0.2, -0.15) is 0 Å². The lowest BCUT2D eigenvalue weighted by atomic mass is 9.96. The van der Waals surface area contributed by atoms with Crippen LogP contribution < -0.4 is 15.0 Å². The van der Waals surface area contributed by atoms with Crippen molar-refractivity contribution in [3.8, 4) is 17.2 Å². The number of rotatable bonds is 7. The number of nitrogens with zero attached hydrogens (tertiary/aromatic N) is 3. The van der Waals surface area contributed by atoms with Crippen LogP contribution in [0.2, 0.25) is 0 Å². The molecule has 0 radical (unpaired) electrons. The molecule has 1 N–H and O–H groups in total. The van der Waals surface area contributed by atoms with Gasteiger partial charge in [-0.05, 0) is 44.9 Å². The average molecular weight is 421 g/mol. The zero-order chi connectivity index (χ0) is 21.6. The van der Waals surface area contributed by atoms with Crippen LogP contribution in [0, 0.1) is 12.8 Å². The summed E-state index contributed by atoms with van der Waals surface area (Å²) in [5, 5.41) is 11.5. The molecule has 0 atom stereocenters. The second-order valence-electron chi connectivity index (χ2n) is 7.78. The highest BCUT2D eigenvalue weighted by molar-refractivity contribution is 5.79. The Labute approximate surface area is 182 Å². The summed E-state index contributed by atoms with van der Waals surface area (Å²) in [7, 11) is 0. The number of anilines is 1. The van der Waals surface area contributed by atoms with E-state index in [0.29, 0.717) is 38.1 Å². The minimum atomic E-state index is -0.0185. The maximum Gasteiger partial charge on any atom is 0.318 e. The number of aromatic nitrogens is 2. The van der Waals surface area contributed by atoms with Crippen LogP contribution in [-0.4, -0.2) is 35.8 Å². The number of amides is 1. The molecule has 1 aliphatic rings. The van der Waals surface area contributed by atoms with Gasteiger partial charge in [0, 0.05) is 36.7 Å². The van der Waals surface area contributed by atoms with Crippen molar-refractivity contribution in [2.24, 2.45) is 5.92 Å². The Bertz CT molecular complexity index is 1010. The maximum atomic E-state index is 12.7. The molecule has 4 rings (SSSR count). The number of piperidine rings is 1. The normalized spacial score (nSPS) is 14.5. The second-order valence-corrected chi connectivity index (χ2v) is 7.78. The van der Waals surface area contributed by atoms with Gasteiger partial charge < -0.3 is 19.4 Å². The fraction of sp³-hybridized carbons (Fsp3) is 0.375. The Morgan fingerprint density at radius 1 is 1.13 bits per heavy atom. The standard InChI is InChI=1S/C24H28N4O3/c1-3-30-21-7-5-4-6-20(21)16-25-22(29)18-12-14-28(15-13-18)24-27-26-23(31-24)19-10-8-17(2)9-11-19/h4-11,18H,3,12-16H2,1-2H3,(H,25,29). The van der Waals surface area contributed by atoms with Crippen LogP contribution in [0.5, 0.6) is 5.75 Å². The van der Waals surface area contributed by atoms with E-state index in [4.69, 9.17) is 9.15 Å². The Kier molecular flexibility index (Phi) is 6.50. The predicted octanol–water partition coefficient (Wildman–Crippen LogP) is 3.98. The van der Waals surface area contributed by atoms with Crippen molar-refractivity contribution in [1.82, 2.24) is 15.5 Å². The van der Waals surface area contributed by atoms with E-state index in [2.05, 4.69) is 20.4 Å². The summed E-state index contributed by atoms with van der Waals surface area (Å²) in [5.41, 5.74) is 3.08. The third-order valence-corrected chi connectivity index (χ3v) is 5.57. The molecule has 1 amide bonds. The summed E-state index contributed by atoms with van der Waals surface area (Å²) < 4.78 is 11.5. The molecule has 31 heavy (non-hydrogen) atoms. The number of para-hydroxylation sites is 1. The van der Waals surface area contributed by atoms with Crippen molar-refractivity contribution in [3.05, 3.63) is 59.7 Å². The van der Waals surface area contributed by atoms with E-state index in [1.165, 1.54) is 5.56 Å². The predicted molar refractivity (Wildman–Crippen MR) is 119 cm³/mol. The van der Waals surface area contributed by atoms with E-state index >= 15 is 0 Å².